The summed E-state index contributed by atoms with van der Waals surface area (Å²) < 4.78 is 0. The highest BCUT2D eigenvalue weighted by atomic mass is 16.1. The Balaban J connectivity index is 1.64. The molecule has 4 heteroatoms. The van der Waals surface area contributed by atoms with Gasteiger partial charge in [-0.25, -0.2) is 0 Å². The Hall–Kier alpha value is -2.62. The Labute approximate surface area is 155 Å². The Morgan fingerprint density at radius 3 is 2.73 bits per heavy atom. The quantitative estimate of drug-likeness (QED) is 0.726. The molecule has 0 atom stereocenters. The van der Waals surface area contributed by atoms with E-state index in [0.29, 0.717) is 12.1 Å². The van der Waals surface area contributed by atoms with Crippen LogP contribution in [0.4, 0.5) is 11.4 Å². The SMILES string of the molecule is CCN(c1ccccc1)c1cncc(C(=O)NCCC2=CCCCC2)c1. The number of pyridine rings is 1. The Bertz CT molecular complexity index is 755. The number of nitrogens with one attached hydrogen (secondary N) is 1. The minimum Gasteiger partial charge on any atom is -0.352 e. The van der Waals surface area contributed by atoms with Crippen LogP contribution in [0.3, 0.4) is 0 Å². The van der Waals surface area contributed by atoms with Crippen molar-refractivity contribution in [1.29, 1.82) is 0 Å². The highest BCUT2D eigenvalue weighted by molar-refractivity contribution is 5.94. The maximum absolute atomic E-state index is 12.5. The summed E-state index contributed by atoms with van der Waals surface area (Å²) in [5.41, 5.74) is 4.11. The lowest BCUT2D eigenvalue weighted by molar-refractivity contribution is 0.0953. The highest BCUT2D eigenvalue weighted by Crippen LogP contribution is 2.25. The molecular weight excluding hydrogens is 322 g/mol. The van der Waals surface area contributed by atoms with E-state index >= 15 is 0 Å². The van der Waals surface area contributed by atoms with Gasteiger partial charge >= 0.3 is 0 Å². The van der Waals surface area contributed by atoms with E-state index in [1.165, 1.54) is 31.3 Å². The Morgan fingerprint density at radius 2 is 2.00 bits per heavy atom. The zero-order chi connectivity index (χ0) is 18.2. The summed E-state index contributed by atoms with van der Waals surface area (Å²) in [7, 11) is 0. The van der Waals surface area contributed by atoms with Crippen molar-refractivity contribution in [3.63, 3.8) is 0 Å². The van der Waals surface area contributed by atoms with Gasteiger partial charge in [0.1, 0.15) is 0 Å². The van der Waals surface area contributed by atoms with Crippen LogP contribution in [0, 0.1) is 0 Å². The molecule has 0 bridgehead atoms. The monoisotopic (exact) mass is 349 g/mol. The fraction of sp³-hybridized carbons (Fsp3) is 0.364. The zero-order valence-corrected chi connectivity index (χ0v) is 15.4. The number of para-hydroxylation sites is 1. The molecule has 0 radical (unpaired) electrons. The van der Waals surface area contributed by atoms with E-state index in [2.05, 4.69) is 40.3 Å². The summed E-state index contributed by atoms with van der Waals surface area (Å²) in [4.78, 5) is 18.9. The lowest BCUT2D eigenvalue weighted by atomic mass is 9.97. The van der Waals surface area contributed by atoms with E-state index in [0.717, 1.165) is 24.3 Å². The molecule has 1 aromatic heterocycles. The molecule has 0 fully saturated rings. The number of amides is 1. The number of carbonyl (C=O) groups is 1. The number of allylic oxidation sites excluding steroid dienone is 1. The number of carbonyl (C=O) groups excluding carboxylic acids is 1. The first-order valence-corrected chi connectivity index (χ1v) is 9.51. The second-order valence-electron chi connectivity index (χ2n) is 6.63. The van der Waals surface area contributed by atoms with Gasteiger partial charge in [-0.2, -0.15) is 0 Å². The smallest absolute Gasteiger partial charge is 0.252 e. The third-order valence-corrected chi connectivity index (χ3v) is 4.80. The van der Waals surface area contributed by atoms with Gasteiger partial charge in [-0.3, -0.25) is 9.78 Å². The highest BCUT2D eigenvalue weighted by Gasteiger charge is 2.12. The van der Waals surface area contributed by atoms with Gasteiger partial charge < -0.3 is 10.2 Å². The molecule has 1 N–H and O–H groups in total. The van der Waals surface area contributed by atoms with Crippen molar-refractivity contribution >= 4 is 17.3 Å². The van der Waals surface area contributed by atoms with Crippen LogP contribution >= 0.6 is 0 Å². The van der Waals surface area contributed by atoms with Crippen molar-refractivity contribution < 1.29 is 4.79 Å². The molecule has 3 rings (SSSR count). The Kier molecular flexibility index (Phi) is 6.42. The molecule has 1 aliphatic rings. The van der Waals surface area contributed by atoms with E-state index in [9.17, 15) is 4.79 Å². The second kappa shape index (κ2) is 9.18. The van der Waals surface area contributed by atoms with Gasteiger partial charge in [-0.05, 0) is 57.2 Å². The lowest BCUT2D eigenvalue weighted by Gasteiger charge is -2.23. The number of benzene rings is 1. The first kappa shape index (κ1) is 18.2. The van der Waals surface area contributed by atoms with E-state index < -0.39 is 0 Å². The normalized spacial score (nSPS) is 13.8. The number of rotatable bonds is 7. The molecule has 136 valence electrons. The number of hydrogen-bond acceptors (Lipinski definition) is 3. The van der Waals surface area contributed by atoms with Crippen LogP contribution in [0.1, 0.15) is 49.4 Å². The molecule has 0 unspecified atom stereocenters. The van der Waals surface area contributed by atoms with Crippen LogP contribution in [-0.2, 0) is 0 Å². The van der Waals surface area contributed by atoms with Crippen LogP contribution in [0.15, 0.2) is 60.4 Å². The number of aromatic nitrogens is 1. The van der Waals surface area contributed by atoms with Gasteiger partial charge in [0.15, 0.2) is 0 Å². The predicted octanol–water partition coefficient (Wildman–Crippen LogP) is 4.86. The van der Waals surface area contributed by atoms with Crippen molar-refractivity contribution in [2.75, 3.05) is 18.0 Å². The van der Waals surface area contributed by atoms with Crippen molar-refractivity contribution in [3.05, 3.63) is 66.0 Å². The molecule has 0 saturated heterocycles. The van der Waals surface area contributed by atoms with Crippen LogP contribution in [0.5, 0.6) is 0 Å². The van der Waals surface area contributed by atoms with Crippen LogP contribution in [-0.4, -0.2) is 24.0 Å². The number of anilines is 2. The summed E-state index contributed by atoms with van der Waals surface area (Å²) in [6.45, 7) is 3.59. The fourth-order valence-corrected chi connectivity index (χ4v) is 3.39. The first-order chi connectivity index (χ1) is 12.8. The Morgan fingerprint density at radius 1 is 1.15 bits per heavy atom. The van der Waals surface area contributed by atoms with E-state index in [1.54, 1.807) is 12.4 Å². The molecule has 26 heavy (non-hydrogen) atoms. The van der Waals surface area contributed by atoms with E-state index in [4.69, 9.17) is 0 Å². The second-order valence-corrected chi connectivity index (χ2v) is 6.63. The summed E-state index contributed by atoms with van der Waals surface area (Å²) in [5, 5.41) is 3.03. The van der Waals surface area contributed by atoms with Gasteiger partial charge in [-0.1, -0.05) is 29.8 Å². The summed E-state index contributed by atoms with van der Waals surface area (Å²) >= 11 is 0. The van der Waals surface area contributed by atoms with Gasteiger partial charge in [0.2, 0.25) is 0 Å². The molecule has 0 aliphatic heterocycles. The topological polar surface area (TPSA) is 45.2 Å². The van der Waals surface area contributed by atoms with Gasteiger partial charge in [0.25, 0.3) is 5.91 Å². The molecule has 0 spiro atoms. The van der Waals surface area contributed by atoms with E-state index in [1.807, 2.05) is 24.3 Å². The maximum atomic E-state index is 12.5. The molecule has 2 aromatic rings. The van der Waals surface area contributed by atoms with Gasteiger partial charge in [-0.15, -0.1) is 0 Å². The van der Waals surface area contributed by atoms with Crippen LogP contribution < -0.4 is 10.2 Å². The average molecular weight is 349 g/mol. The molecule has 0 saturated carbocycles. The van der Waals surface area contributed by atoms with Gasteiger partial charge in [0.05, 0.1) is 17.4 Å². The number of hydrogen-bond donors (Lipinski definition) is 1. The average Bonchev–Trinajstić information content (AvgIpc) is 2.70. The molecule has 1 aromatic carbocycles. The van der Waals surface area contributed by atoms with Gasteiger partial charge in [0, 0.05) is 25.0 Å². The minimum atomic E-state index is -0.0557. The third kappa shape index (κ3) is 4.72. The predicted molar refractivity (Wildman–Crippen MR) is 107 cm³/mol. The van der Waals surface area contributed by atoms with Crippen molar-refractivity contribution in [3.8, 4) is 0 Å². The third-order valence-electron chi connectivity index (χ3n) is 4.80. The molecule has 1 aliphatic carbocycles. The lowest BCUT2D eigenvalue weighted by Crippen LogP contribution is -2.25. The molecular formula is C22H27N3O. The zero-order valence-electron chi connectivity index (χ0n) is 15.4. The molecule has 4 nitrogen and oxygen atoms in total. The van der Waals surface area contributed by atoms with Crippen molar-refractivity contribution in [1.82, 2.24) is 10.3 Å². The summed E-state index contributed by atoms with van der Waals surface area (Å²) in [5.74, 6) is -0.0557. The number of nitrogens with zero attached hydrogens (tertiary/aromatic N) is 2. The van der Waals surface area contributed by atoms with Crippen molar-refractivity contribution in [2.24, 2.45) is 0 Å². The van der Waals surface area contributed by atoms with Crippen LogP contribution in [0.25, 0.3) is 0 Å². The standard InChI is InChI=1S/C22H27N3O/c1-2-25(20-11-7-4-8-12-20)21-15-19(16-23-17-21)22(26)24-14-13-18-9-5-3-6-10-18/h4,7-9,11-12,15-17H,2-3,5-6,10,13-14H2,1H3,(H,24,26). The molecule has 1 heterocycles. The first-order valence-electron chi connectivity index (χ1n) is 9.51. The van der Waals surface area contributed by atoms with Crippen molar-refractivity contribution in [2.45, 2.75) is 39.0 Å². The van der Waals surface area contributed by atoms with Crippen LogP contribution in [0.2, 0.25) is 0 Å². The summed E-state index contributed by atoms with van der Waals surface area (Å²) in [6.07, 6.45) is 11.7. The fourth-order valence-electron chi connectivity index (χ4n) is 3.39. The molecule has 1 amide bonds. The largest absolute Gasteiger partial charge is 0.352 e. The van der Waals surface area contributed by atoms with E-state index in [-0.39, 0.29) is 5.91 Å². The minimum absolute atomic E-state index is 0.0557. The summed E-state index contributed by atoms with van der Waals surface area (Å²) in [6, 6.07) is 12.1. The maximum Gasteiger partial charge on any atom is 0.252 e.